The molecular formula is C12H19N3. The number of hydrogen-bond donors (Lipinski definition) is 0. The van der Waals surface area contributed by atoms with Gasteiger partial charge >= 0.3 is 0 Å². The van der Waals surface area contributed by atoms with Gasteiger partial charge in [-0.05, 0) is 36.5 Å². The molecule has 2 fully saturated rings. The molecule has 1 aromatic heterocycles. The molecule has 0 saturated heterocycles. The minimum absolute atomic E-state index is 0.729. The Hall–Kier alpha value is -0.860. The van der Waals surface area contributed by atoms with Gasteiger partial charge in [0.1, 0.15) is 12.2 Å². The van der Waals surface area contributed by atoms with E-state index in [-0.39, 0.29) is 0 Å². The van der Waals surface area contributed by atoms with Gasteiger partial charge in [0.15, 0.2) is 0 Å². The zero-order valence-electron chi connectivity index (χ0n) is 9.72. The Kier molecular flexibility index (Phi) is 1.91. The summed E-state index contributed by atoms with van der Waals surface area (Å²) in [7, 11) is 2.01. The average Bonchev–Trinajstić information content (AvgIpc) is 2.63. The topological polar surface area (TPSA) is 30.7 Å². The molecular weight excluding hydrogens is 186 g/mol. The highest BCUT2D eigenvalue weighted by atomic mass is 15.3. The Morgan fingerprint density at radius 1 is 1.33 bits per heavy atom. The summed E-state index contributed by atoms with van der Waals surface area (Å²) in [6.45, 7) is 4.71. The van der Waals surface area contributed by atoms with E-state index < -0.39 is 0 Å². The van der Waals surface area contributed by atoms with Crippen molar-refractivity contribution >= 4 is 0 Å². The molecule has 1 aromatic rings. The van der Waals surface area contributed by atoms with E-state index in [4.69, 9.17) is 0 Å². The van der Waals surface area contributed by atoms with Crippen LogP contribution in [0, 0.1) is 23.7 Å². The van der Waals surface area contributed by atoms with Crippen LogP contribution in [0.25, 0.3) is 0 Å². The van der Waals surface area contributed by atoms with Crippen molar-refractivity contribution in [2.75, 3.05) is 0 Å². The standard InChI is InChI=1S/C12H19N3/c1-7(2)8-4-9-10(5-8)11(9)12-13-6-14-15(12)3/h6-11H,4-5H2,1-3H3. The van der Waals surface area contributed by atoms with Gasteiger partial charge in [0.25, 0.3) is 0 Å². The third-order valence-corrected chi connectivity index (χ3v) is 4.47. The fraction of sp³-hybridized carbons (Fsp3) is 0.833. The quantitative estimate of drug-likeness (QED) is 0.741. The van der Waals surface area contributed by atoms with E-state index in [1.807, 2.05) is 11.7 Å². The Balaban J connectivity index is 1.71. The van der Waals surface area contributed by atoms with Crippen LogP contribution in [0.4, 0.5) is 0 Å². The summed E-state index contributed by atoms with van der Waals surface area (Å²) in [5, 5.41) is 4.16. The molecule has 2 aliphatic carbocycles. The maximum atomic E-state index is 4.38. The molecule has 2 atom stereocenters. The lowest BCUT2D eigenvalue weighted by molar-refractivity contribution is 0.350. The lowest BCUT2D eigenvalue weighted by Crippen LogP contribution is -2.09. The fourth-order valence-corrected chi connectivity index (χ4v) is 3.42. The van der Waals surface area contributed by atoms with E-state index in [9.17, 15) is 0 Å². The number of aryl methyl sites for hydroxylation is 1. The van der Waals surface area contributed by atoms with Crippen LogP contribution >= 0.6 is 0 Å². The lowest BCUT2D eigenvalue weighted by atomic mass is 9.89. The zero-order valence-corrected chi connectivity index (χ0v) is 9.72. The van der Waals surface area contributed by atoms with Crippen molar-refractivity contribution in [3.8, 4) is 0 Å². The van der Waals surface area contributed by atoms with Crippen LogP contribution in [0.1, 0.15) is 38.4 Å². The maximum absolute atomic E-state index is 4.38. The highest BCUT2D eigenvalue weighted by Crippen LogP contribution is 2.65. The fourth-order valence-electron chi connectivity index (χ4n) is 3.42. The summed E-state index contributed by atoms with van der Waals surface area (Å²) in [5.41, 5.74) is 0. The molecule has 0 N–H and O–H groups in total. The number of aromatic nitrogens is 3. The van der Waals surface area contributed by atoms with E-state index in [0.717, 1.165) is 29.6 Å². The molecule has 3 heteroatoms. The summed E-state index contributed by atoms with van der Waals surface area (Å²) in [4.78, 5) is 4.38. The molecule has 3 rings (SSSR count). The highest BCUT2D eigenvalue weighted by Gasteiger charge is 2.58. The molecule has 2 saturated carbocycles. The van der Waals surface area contributed by atoms with Crippen molar-refractivity contribution in [1.29, 1.82) is 0 Å². The molecule has 2 unspecified atom stereocenters. The second kappa shape index (κ2) is 3.06. The van der Waals surface area contributed by atoms with Gasteiger partial charge < -0.3 is 0 Å². The number of nitrogens with zero attached hydrogens (tertiary/aromatic N) is 3. The first kappa shape index (κ1) is 9.37. The van der Waals surface area contributed by atoms with Gasteiger partial charge in [-0.25, -0.2) is 4.98 Å². The largest absolute Gasteiger partial charge is 0.253 e. The SMILES string of the molecule is CC(C)C1CC2C(C1)C2c1ncnn1C. The summed E-state index contributed by atoms with van der Waals surface area (Å²) >= 11 is 0. The van der Waals surface area contributed by atoms with Crippen LogP contribution in [-0.4, -0.2) is 14.8 Å². The van der Waals surface area contributed by atoms with Crippen molar-refractivity contribution in [3.63, 3.8) is 0 Å². The monoisotopic (exact) mass is 205 g/mol. The predicted octanol–water partition coefficient (Wildman–Crippen LogP) is 2.21. The minimum Gasteiger partial charge on any atom is -0.253 e. The van der Waals surface area contributed by atoms with Gasteiger partial charge in [0.2, 0.25) is 0 Å². The molecule has 0 bridgehead atoms. The van der Waals surface area contributed by atoms with Crippen molar-refractivity contribution in [1.82, 2.24) is 14.8 Å². The second-order valence-corrected chi connectivity index (χ2v) is 5.57. The van der Waals surface area contributed by atoms with Crippen LogP contribution in [-0.2, 0) is 7.05 Å². The normalized spacial score (nSPS) is 38.4. The predicted molar refractivity (Wildman–Crippen MR) is 58.3 cm³/mol. The minimum atomic E-state index is 0.729. The van der Waals surface area contributed by atoms with Crippen molar-refractivity contribution < 1.29 is 0 Å². The van der Waals surface area contributed by atoms with Crippen molar-refractivity contribution in [2.24, 2.45) is 30.7 Å². The third-order valence-electron chi connectivity index (χ3n) is 4.47. The van der Waals surface area contributed by atoms with Gasteiger partial charge in [-0.15, -0.1) is 0 Å². The molecule has 3 nitrogen and oxygen atoms in total. The Bertz CT molecular complexity index is 357. The third kappa shape index (κ3) is 1.32. The van der Waals surface area contributed by atoms with Gasteiger partial charge in [0, 0.05) is 13.0 Å². The van der Waals surface area contributed by atoms with Crippen LogP contribution in [0.3, 0.4) is 0 Å². The Morgan fingerprint density at radius 2 is 2.00 bits per heavy atom. The molecule has 0 aliphatic heterocycles. The maximum Gasteiger partial charge on any atom is 0.138 e. The molecule has 0 aromatic carbocycles. The van der Waals surface area contributed by atoms with Crippen molar-refractivity contribution in [3.05, 3.63) is 12.2 Å². The Labute approximate surface area is 90.9 Å². The molecule has 0 spiro atoms. The first-order valence-electron chi connectivity index (χ1n) is 6.02. The second-order valence-electron chi connectivity index (χ2n) is 5.57. The van der Waals surface area contributed by atoms with Gasteiger partial charge in [-0.3, -0.25) is 4.68 Å². The van der Waals surface area contributed by atoms with Crippen LogP contribution < -0.4 is 0 Å². The van der Waals surface area contributed by atoms with Crippen molar-refractivity contribution in [2.45, 2.75) is 32.6 Å². The molecule has 82 valence electrons. The highest BCUT2D eigenvalue weighted by molar-refractivity contribution is 5.18. The van der Waals surface area contributed by atoms with E-state index in [1.54, 1.807) is 6.33 Å². The van der Waals surface area contributed by atoms with Crippen LogP contribution in [0.2, 0.25) is 0 Å². The van der Waals surface area contributed by atoms with E-state index >= 15 is 0 Å². The zero-order chi connectivity index (χ0) is 10.6. The van der Waals surface area contributed by atoms with E-state index in [0.29, 0.717) is 0 Å². The molecule has 15 heavy (non-hydrogen) atoms. The summed E-state index contributed by atoms with van der Waals surface area (Å²) in [6, 6.07) is 0. The number of hydrogen-bond acceptors (Lipinski definition) is 2. The van der Waals surface area contributed by atoms with Gasteiger partial charge in [0.05, 0.1) is 0 Å². The summed E-state index contributed by atoms with van der Waals surface area (Å²) < 4.78 is 1.95. The molecule has 0 amide bonds. The summed E-state index contributed by atoms with van der Waals surface area (Å²) in [6.07, 6.45) is 4.52. The molecule has 1 heterocycles. The van der Waals surface area contributed by atoms with Crippen LogP contribution in [0.15, 0.2) is 6.33 Å². The first-order chi connectivity index (χ1) is 7.18. The first-order valence-corrected chi connectivity index (χ1v) is 6.02. The smallest absolute Gasteiger partial charge is 0.138 e. The molecule has 2 aliphatic rings. The lowest BCUT2D eigenvalue weighted by Gasteiger charge is -2.17. The van der Waals surface area contributed by atoms with Crippen LogP contribution in [0.5, 0.6) is 0 Å². The van der Waals surface area contributed by atoms with Gasteiger partial charge in [-0.2, -0.15) is 5.10 Å². The summed E-state index contributed by atoms with van der Waals surface area (Å²) in [5.74, 6) is 5.60. The number of fused-ring (bicyclic) bond motifs is 1. The van der Waals surface area contributed by atoms with E-state index in [1.165, 1.54) is 18.7 Å². The molecule has 0 radical (unpaired) electrons. The number of rotatable bonds is 2. The Morgan fingerprint density at radius 3 is 2.47 bits per heavy atom. The van der Waals surface area contributed by atoms with E-state index in [2.05, 4.69) is 23.9 Å². The van der Waals surface area contributed by atoms with Gasteiger partial charge in [-0.1, -0.05) is 13.8 Å². The average molecular weight is 205 g/mol.